The van der Waals surface area contributed by atoms with Gasteiger partial charge in [0, 0.05) is 17.4 Å². The van der Waals surface area contributed by atoms with Crippen LogP contribution in [0.2, 0.25) is 0 Å². The van der Waals surface area contributed by atoms with Crippen molar-refractivity contribution in [2.24, 2.45) is 0 Å². The molecule has 0 amide bonds. The molecule has 70 valence electrons. The number of pyridine rings is 1. The lowest BCUT2D eigenvalue weighted by Crippen LogP contribution is -1.96. The van der Waals surface area contributed by atoms with Crippen molar-refractivity contribution in [2.75, 3.05) is 6.61 Å². The molecule has 0 atom stereocenters. The number of ether oxygens (including phenoxy) is 1. The van der Waals surface area contributed by atoms with Gasteiger partial charge in [0.2, 0.25) is 0 Å². The second-order valence-corrected chi connectivity index (χ2v) is 3.02. The third-order valence-corrected chi connectivity index (χ3v) is 2.08. The lowest BCUT2D eigenvalue weighted by atomic mass is 10.4. The van der Waals surface area contributed by atoms with Crippen LogP contribution in [0.4, 0.5) is 0 Å². The predicted octanol–water partition coefficient (Wildman–Crippen LogP) is 2.09. The summed E-state index contributed by atoms with van der Waals surface area (Å²) < 4.78 is 7.37. The number of hydrogen-bond acceptors (Lipinski definition) is 1. The minimum Gasteiger partial charge on any atom is -0.363 e. The molecule has 14 heavy (non-hydrogen) atoms. The Morgan fingerprint density at radius 1 is 1.29 bits per heavy atom. The Hall–Kier alpha value is -1.72. The first-order valence-corrected chi connectivity index (χ1v) is 4.48. The van der Waals surface area contributed by atoms with Crippen molar-refractivity contribution < 1.29 is 4.74 Å². The van der Waals surface area contributed by atoms with Crippen molar-refractivity contribution in [3.8, 4) is 12.3 Å². The first kappa shape index (κ1) is 8.86. The summed E-state index contributed by atoms with van der Waals surface area (Å²) in [4.78, 5) is 0. The van der Waals surface area contributed by atoms with E-state index >= 15 is 0 Å². The third-order valence-electron chi connectivity index (χ3n) is 2.08. The number of aromatic nitrogens is 1. The molecule has 2 nitrogen and oxygen atoms in total. The molecule has 2 rings (SSSR count). The van der Waals surface area contributed by atoms with Gasteiger partial charge in [-0.3, -0.25) is 0 Å². The lowest BCUT2D eigenvalue weighted by Gasteiger charge is -2.01. The van der Waals surface area contributed by atoms with Gasteiger partial charge in [0.05, 0.1) is 6.61 Å². The summed E-state index contributed by atoms with van der Waals surface area (Å²) in [6.07, 6.45) is 7.12. The fourth-order valence-electron chi connectivity index (χ4n) is 1.45. The number of terminal acetylenes is 1. The zero-order valence-corrected chi connectivity index (χ0v) is 7.81. The van der Waals surface area contributed by atoms with Crippen LogP contribution in [0, 0.1) is 12.3 Å². The predicted molar refractivity (Wildman–Crippen MR) is 55.9 cm³/mol. The smallest absolute Gasteiger partial charge is 0.107 e. The van der Waals surface area contributed by atoms with Gasteiger partial charge in [-0.2, -0.15) is 0 Å². The van der Waals surface area contributed by atoms with Crippen LogP contribution in [0.5, 0.6) is 0 Å². The van der Waals surface area contributed by atoms with Gasteiger partial charge in [0.15, 0.2) is 0 Å². The van der Waals surface area contributed by atoms with Crippen LogP contribution in [0.25, 0.3) is 5.52 Å². The van der Waals surface area contributed by atoms with Gasteiger partial charge in [-0.15, -0.1) is 6.42 Å². The van der Waals surface area contributed by atoms with Crippen LogP contribution in [0.1, 0.15) is 5.69 Å². The minimum atomic E-state index is 0.361. The lowest BCUT2D eigenvalue weighted by molar-refractivity contribution is 0.150. The summed E-state index contributed by atoms with van der Waals surface area (Å²) in [5.74, 6) is 2.45. The monoisotopic (exact) mass is 185 g/mol. The van der Waals surface area contributed by atoms with E-state index in [9.17, 15) is 0 Å². The van der Waals surface area contributed by atoms with Gasteiger partial charge in [-0.05, 0) is 24.3 Å². The largest absolute Gasteiger partial charge is 0.363 e. The van der Waals surface area contributed by atoms with E-state index in [1.54, 1.807) is 0 Å². The van der Waals surface area contributed by atoms with Crippen molar-refractivity contribution in [1.29, 1.82) is 0 Å². The highest BCUT2D eigenvalue weighted by Crippen LogP contribution is 2.10. The second kappa shape index (κ2) is 3.99. The molecular weight excluding hydrogens is 174 g/mol. The molecule has 0 aliphatic rings. The highest BCUT2D eigenvalue weighted by Gasteiger charge is 1.99. The van der Waals surface area contributed by atoms with Crippen LogP contribution >= 0.6 is 0 Å². The molecule has 0 aliphatic heterocycles. The molecule has 2 heteroatoms. The first-order valence-electron chi connectivity index (χ1n) is 4.48. The normalized spacial score (nSPS) is 10.2. The van der Waals surface area contributed by atoms with Gasteiger partial charge in [0.25, 0.3) is 0 Å². The summed E-state index contributed by atoms with van der Waals surface area (Å²) in [5.41, 5.74) is 2.29. The van der Waals surface area contributed by atoms with E-state index in [1.807, 2.05) is 24.4 Å². The molecule has 0 spiro atoms. The Kier molecular flexibility index (Phi) is 2.53. The Bertz CT molecular complexity index is 464. The number of nitrogens with zero attached hydrogens (tertiary/aromatic N) is 1. The van der Waals surface area contributed by atoms with Crippen molar-refractivity contribution >= 4 is 5.52 Å². The van der Waals surface area contributed by atoms with Crippen molar-refractivity contribution in [3.05, 3.63) is 42.2 Å². The van der Waals surface area contributed by atoms with E-state index < -0.39 is 0 Å². The van der Waals surface area contributed by atoms with Gasteiger partial charge in [-0.1, -0.05) is 12.0 Å². The molecule has 0 radical (unpaired) electrons. The molecule has 0 bridgehead atoms. The van der Waals surface area contributed by atoms with Crippen LogP contribution < -0.4 is 0 Å². The van der Waals surface area contributed by atoms with Crippen molar-refractivity contribution in [2.45, 2.75) is 6.61 Å². The van der Waals surface area contributed by atoms with Gasteiger partial charge in [0.1, 0.15) is 6.61 Å². The molecule has 2 heterocycles. The van der Waals surface area contributed by atoms with E-state index in [2.05, 4.69) is 22.5 Å². The molecule has 2 aromatic heterocycles. The van der Waals surface area contributed by atoms with Crippen LogP contribution in [-0.2, 0) is 11.3 Å². The first-order chi connectivity index (χ1) is 6.92. The number of fused-ring (bicyclic) bond motifs is 1. The topological polar surface area (TPSA) is 13.6 Å². The molecular formula is C12H11NO. The summed E-state index contributed by atoms with van der Waals surface area (Å²) in [5, 5.41) is 0. The molecule has 0 N–H and O–H groups in total. The molecule has 2 aromatic rings. The maximum Gasteiger partial charge on any atom is 0.107 e. The summed E-state index contributed by atoms with van der Waals surface area (Å²) in [6, 6.07) is 10.2. The Balaban J connectivity index is 2.22. The summed E-state index contributed by atoms with van der Waals surface area (Å²) in [6.45, 7) is 0.919. The quantitative estimate of drug-likeness (QED) is 0.527. The zero-order valence-electron chi connectivity index (χ0n) is 7.81. The van der Waals surface area contributed by atoms with Crippen molar-refractivity contribution in [3.63, 3.8) is 0 Å². The van der Waals surface area contributed by atoms with E-state index in [0.717, 1.165) is 5.69 Å². The van der Waals surface area contributed by atoms with E-state index in [1.165, 1.54) is 5.52 Å². The Morgan fingerprint density at radius 2 is 2.21 bits per heavy atom. The fraction of sp³-hybridized carbons (Fsp3) is 0.167. The van der Waals surface area contributed by atoms with Crippen LogP contribution in [0.15, 0.2) is 36.5 Å². The average Bonchev–Trinajstić information content (AvgIpc) is 2.63. The zero-order chi connectivity index (χ0) is 9.80. The second-order valence-electron chi connectivity index (χ2n) is 3.02. The Morgan fingerprint density at radius 3 is 3.07 bits per heavy atom. The molecule has 0 saturated heterocycles. The third kappa shape index (κ3) is 1.63. The Labute approximate surface area is 83.1 Å². The van der Waals surface area contributed by atoms with E-state index in [4.69, 9.17) is 11.2 Å². The van der Waals surface area contributed by atoms with Gasteiger partial charge < -0.3 is 9.14 Å². The van der Waals surface area contributed by atoms with E-state index in [-0.39, 0.29) is 0 Å². The van der Waals surface area contributed by atoms with Crippen LogP contribution in [0.3, 0.4) is 0 Å². The highest BCUT2D eigenvalue weighted by atomic mass is 16.5. The summed E-state index contributed by atoms with van der Waals surface area (Å²) >= 11 is 0. The van der Waals surface area contributed by atoms with Gasteiger partial charge in [-0.25, -0.2) is 0 Å². The molecule has 0 fully saturated rings. The van der Waals surface area contributed by atoms with Gasteiger partial charge >= 0.3 is 0 Å². The maximum absolute atomic E-state index is 5.28. The standard InChI is InChI=1S/C12H11NO/c1-2-9-14-10-12-7-6-11-5-3-4-8-13(11)12/h1,3-8H,9-10H2. The molecule has 0 aliphatic carbocycles. The number of hydrogen-bond donors (Lipinski definition) is 0. The molecule has 0 aromatic carbocycles. The van der Waals surface area contributed by atoms with Crippen LogP contribution in [-0.4, -0.2) is 11.0 Å². The van der Waals surface area contributed by atoms with E-state index in [0.29, 0.717) is 13.2 Å². The minimum absolute atomic E-state index is 0.361. The molecule has 0 saturated carbocycles. The summed E-state index contributed by atoms with van der Waals surface area (Å²) in [7, 11) is 0. The maximum atomic E-state index is 5.28. The fourth-order valence-corrected chi connectivity index (χ4v) is 1.45. The SMILES string of the molecule is C#CCOCc1ccc2ccccn12. The highest BCUT2D eigenvalue weighted by molar-refractivity contribution is 5.49. The van der Waals surface area contributed by atoms with Crippen molar-refractivity contribution in [1.82, 2.24) is 4.40 Å². The number of rotatable bonds is 3. The average molecular weight is 185 g/mol. The molecule has 0 unspecified atom stereocenters.